The van der Waals surface area contributed by atoms with Crippen LogP contribution in [-0.4, -0.2) is 19.1 Å². The van der Waals surface area contributed by atoms with Gasteiger partial charge in [-0.05, 0) is 43.2 Å². The van der Waals surface area contributed by atoms with Crippen molar-refractivity contribution in [1.82, 2.24) is 5.32 Å². The smallest absolute Gasteiger partial charge is 0.313 e. The van der Waals surface area contributed by atoms with Crippen LogP contribution < -0.4 is 5.32 Å². The highest BCUT2D eigenvalue weighted by molar-refractivity contribution is 7.98. The van der Waals surface area contributed by atoms with Gasteiger partial charge < -0.3 is 5.32 Å². The molecule has 1 unspecified atom stereocenters. The number of hydrogen-bond acceptors (Lipinski definition) is 2. The van der Waals surface area contributed by atoms with Crippen LogP contribution in [0.15, 0.2) is 18.2 Å². The Labute approximate surface area is 108 Å². The summed E-state index contributed by atoms with van der Waals surface area (Å²) in [6.45, 7) is 0. The normalized spacial score (nSPS) is 13.7. The third kappa shape index (κ3) is 3.88. The second-order valence-corrected chi connectivity index (χ2v) is 4.85. The summed E-state index contributed by atoms with van der Waals surface area (Å²) in [6.07, 6.45) is -2.03. The molecule has 0 aromatic heterocycles. The molecule has 1 aromatic carbocycles. The van der Waals surface area contributed by atoms with Crippen LogP contribution in [0.1, 0.15) is 23.6 Å². The Morgan fingerprint density at radius 2 is 2.00 bits per heavy atom. The summed E-state index contributed by atoms with van der Waals surface area (Å²) in [4.78, 5) is 0. The average Bonchev–Trinajstić information content (AvgIpc) is 2.30. The third-order valence-corrected chi connectivity index (χ3v) is 3.30. The quantitative estimate of drug-likeness (QED) is 0.823. The Morgan fingerprint density at radius 3 is 2.50 bits per heavy atom. The van der Waals surface area contributed by atoms with E-state index in [-0.39, 0.29) is 6.04 Å². The molecule has 0 bridgehead atoms. The molecule has 6 heteroatoms. The largest absolute Gasteiger partial charge is 0.419 e. The van der Waals surface area contributed by atoms with E-state index in [1.807, 2.05) is 6.26 Å². The van der Waals surface area contributed by atoms with Gasteiger partial charge in [0.2, 0.25) is 0 Å². The lowest BCUT2D eigenvalue weighted by atomic mass is 10.0. The van der Waals surface area contributed by atoms with Crippen molar-refractivity contribution < 1.29 is 17.6 Å². The van der Waals surface area contributed by atoms with E-state index >= 15 is 0 Å². The molecule has 0 aliphatic heterocycles. The minimum atomic E-state index is -4.65. The fraction of sp³-hybridized carbons (Fsp3) is 0.500. The predicted molar refractivity (Wildman–Crippen MR) is 66.2 cm³/mol. The highest BCUT2D eigenvalue weighted by Crippen LogP contribution is 2.33. The lowest BCUT2D eigenvalue weighted by molar-refractivity contribution is -0.140. The van der Waals surface area contributed by atoms with Crippen molar-refractivity contribution >= 4 is 11.8 Å². The first-order chi connectivity index (χ1) is 8.40. The van der Waals surface area contributed by atoms with E-state index in [9.17, 15) is 17.6 Å². The third-order valence-electron chi connectivity index (χ3n) is 2.66. The van der Waals surface area contributed by atoms with Crippen LogP contribution in [0.25, 0.3) is 0 Å². The van der Waals surface area contributed by atoms with E-state index in [1.165, 1.54) is 6.07 Å². The summed E-state index contributed by atoms with van der Waals surface area (Å²) in [6, 6.07) is 2.96. The lowest BCUT2D eigenvalue weighted by Crippen LogP contribution is -2.18. The van der Waals surface area contributed by atoms with Crippen LogP contribution in [0.2, 0.25) is 0 Å². The minimum absolute atomic E-state index is 0.195. The zero-order valence-electron chi connectivity index (χ0n) is 10.1. The molecule has 1 aromatic rings. The van der Waals surface area contributed by atoms with Gasteiger partial charge in [-0.15, -0.1) is 0 Å². The van der Waals surface area contributed by atoms with Crippen LogP contribution >= 0.6 is 11.8 Å². The Balaban J connectivity index is 3.02. The van der Waals surface area contributed by atoms with Crippen molar-refractivity contribution in [2.45, 2.75) is 18.6 Å². The molecule has 1 N–H and O–H groups in total. The fourth-order valence-electron chi connectivity index (χ4n) is 1.69. The Kier molecular flexibility index (Phi) is 5.47. The molecule has 0 heterocycles. The molecule has 1 rings (SSSR count). The van der Waals surface area contributed by atoms with E-state index in [4.69, 9.17) is 0 Å². The van der Waals surface area contributed by atoms with Crippen LogP contribution in [0, 0.1) is 5.82 Å². The maximum absolute atomic E-state index is 13.1. The van der Waals surface area contributed by atoms with Crippen molar-refractivity contribution in [2.24, 2.45) is 0 Å². The van der Waals surface area contributed by atoms with Gasteiger partial charge in [-0.2, -0.15) is 24.9 Å². The van der Waals surface area contributed by atoms with Crippen LogP contribution in [-0.2, 0) is 6.18 Å². The second-order valence-electron chi connectivity index (χ2n) is 3.86. The van der Waals surface area contributed by atoms with Gasteiger partial charge in [0.15, 0.2) is 0 Å². The SMILES string of the molecule is CNC(CCSC)c1ccc(F)c(C(F)(F)F)c1. The standard InChI is InChI=1S/C12H15F4NS/c1-17-11(5-6-18-2)8-3-4-10(13)9(7-8)12(14,15)16/h3-4,7,11,17H,5-6H2,1-2H3. The zero-order valence-corrected chi connectivity index (χ0v) is 11.0. The summed E-state index contributed by atoms with van der Waals surface area (Å²) >= 11 is 1.62. The highest BCUT2D eigenvalue weighted by Gasteiger charge is 2.34. The lowest BCUT2D eigenvalue weighted by Gasteiger charge is -2.18. The first-order valence-corrected chi connectivity index (χ1v) is 6.82. The molecule has 1 atom stereocenters. The van der Waals surface area contributed by atoms with Gasteiger partial charge in [0.25, 0.3) is 0 Å². The van der Waals surface area contributed by atoms with Crippen molar-refractivity contribution in [3.05, 3.63) is 35.1 Å². The number of hydrogen-bond donors (Lipinski definition) is 1. The predicted octanol–water partition coefficient (Wildman–Crippen LogP) is 3.86. The molecule has 0 aliphatic carbocycles. The molecule has 102 valence electrons. The number of nitrogens with one attached hydrogen (secondary N) is 1. The highest BCUT2D eigenvalue weighted by atomic mass is 32.2. The monoisotopic (exact) mass is 281 g/mol. The van der Waals surface area contributed by atoms with Gasteiger partial charge in [-0.25, -0.2) is 4.39 Å². The van der Waals surface area contributed by atoms with Gasteiger partial charge in [-0.3, -0.25) is 0 Å². The van der Waals surface area contributed by atoms with Crippen LogP contribution in [0.3, 0.4) is 0 Å². The molecule has 0 fully saturated rings. The summed E-state index contributed by atoms with van der Waals surface area (Å²) < 4.78 is 50.9. The Hall–Kier alpha value is -0.750. The van der Waals surface area contributed by atoms with Gasteiger partial charge in [-0.1, -0.05) is 6.07 Å². The molecule has 0 radical (unpaired) electrons. The molecular formula is C12H15F4NS. The van der Waals surface area contributed by atoms with E-state index in [1.54, 1.807) is 18.8 Å². The van der Waals surface area contributed by atoms with Gasteiger partial charge in [0, 0.05) is 6.04 Å². The maximum atomic E-state index is 13.1. The van der Waals surface area contributed by atoms with Gasteiger partial charge in [0.1, 0.15) is 5.82 Å². The average molecular weight is 281 g/mol. The Bertz CT molecular complexity index is 392. The van der Waals surface area contributed by atoms with Crippen LogP contribution in [0.5, 0.6) is 0 Å². The summed E-state index contributed by atoms with van der Waals surface area (Å²) in [5.74, 6) is -0.407. The zero-order chi connectivity index (χ0) is 13.8. The van der Waals surface area contributed by atoms with Crippen LogP contribution in [0.4, 0.5) is 17.6 Å². The molecule has 0 spiro atoms. The number of thioether (sulfide) groups is 1. The van der Waals surface area contributed by atoms with Gasteiger partial charge in [0.05, 0.1) is 5.56 Å². The van der Waals surface area contributed by atoms with Crippen molar-refractivity contribution in [2.75, 3.05) is 19.1 Å². The number of halogens is 4. The van der Waals surface area contributed by atoms with Gasteiger partial charge >= 0.3 is 6.18 Å². The summed E-state index contributed by atoms with van der Waals surface area (Å²) in [5.41, 5.74) is -0.746. The number of rotatable bonds is 5. The summed E-state index contributed by atoms with van der Waals surface area (Å²) in [7, 11) is 1.68. The van der Waals surface area contributed by atoms with E-state index < -0.39 is 17.6 Å². The molecule has 0 amide bonds. The van der Waals surface area contributed by atoms with Crippen molar-refractivity contribution in [3.8, 4) is 0 Å². The van der Waals surface area contributed by atoms with E-state index in [2.05, 4.69) is 5.32 Å². The molecule has 0 saturated carbocycles. The number of alkyl halides is 3. The fourth-order valence-corrected chi connectivity index (χ4v) is 2.16. The van der Waals surface area contributed by atoms with Crippen molar-refractivity contribution in [3.63, 3.8) is 0 Å². The first-order valence-electron chi connectivity index (χ1n) is 5.43. The summed E-state index contributed by atoms with van der Waals surface area (Å²) in [5, 5.41) is 2.95. The minimum Gasteiger partial charge on any atom is -0.313 e. The molecule has 0 aliphatic rings. The van der Waals surface area contributed by atoms with Crippen molar-refractivity contribution in [1.29, 1.82) is 0 Å². The molecule has 18 heavy (non-hydrogen) atoms. The number of benzene rings is 1. The van der Waals surface area contributed by atoms with E-state index in [0.29, 0.717) is 12.0 Å². The second kappa shape index (κ2) is 6.43. The first kappa shape index (κ1) is 15.3. The topological polar surface area (TPSA) is 12.0 Å². The molecule has 0 saturated heterocycles. The maximum Gasteiger partial charge on any atom is 0.419 e. The molecule has 1 nitrogen and oxygen atoms in total. The molecular weight excluding hydrogens is 266 g/mol. The van der Waals surface area contributed by atoms with E-state index in [0.717, 1.165) is 17.9 Å². The Morgan fingerprint density at radius 1 is 1.33 bits per heavy atom.